The van der Waals surface area contributed by atoms with Crippen molar-refractivity contribution in [3.05, 3.63) is 16.3 Å². The van der Waals surface area contributed by atoms with Gasteiger partial charge in [0.15, 0.2) is 0 Å². The highest BCUT2D eigenvalue weighted by Gasteiger charge is 2.20. The quantitative estimate of drug-likeness (QED) is 0.554. The molecule has 1 heterocycles. The molecule has 0 amide bonds. The Morgan fingerprint density at radius 3 is 2.86 bits per heavy atom. The van der Waals surface area contributed by atoms with Crippen LogP contribution in [0.3, 0.4) is 0 Å². The predicted molar refractivity (Wildman–Crippen MR) is 47.1 cm³/mol. The molecule has 0 saturated heterocycles. The normalized spacial score (nSPS) is 12.5. The molecule has 0 fully saturated rings. The summed E-state index contributed by atoms with van der Waals surface area (Å²) in [6.45, 7) is 1.77. The van der Waals surface area contributed by atoms with Gasteiger partial charge in [0.05, 0.1) is 24.7 Å². The van der Waals surface area contributed by atoms with Crippen molar-refractivity contribution in [2.75, 3.05) is 7.11 Å². The smallest absolute Gasteiger partial charge is 0.350 e. The summed E-state index contributed by atoms with van der Waals surface area (Å²) in [5, 5.41) is 23.3. The van der Waals surface area contributed by atoms with Gasteiger partial charge in [0.25, 0.3) is 0 Å². The monoisotopic (exact) mass is 201 g/mol. The van der Waals surface area contributed by atoms with Crippen molar-refractivity contribution in [3.8, 4) is 5.88 Å². The van der Waals surface area contributed by atoms with Gasteiger partial charge in [0.1, 0.15) is 6.20 Å². The number of aliphatic hydroxyl groups excluding tert-OH is 1. The Balaban J connectivity index is 2.94. The van der Waals surface area contributed by atoms with E-state index in [-0.39, 0.29) is 18.1 Å². The lowest BCUT2D eigenvalue weighted by molar-refractivity contribution is -0.385. The standard InChI is InChI=1S/C7H11N3O4/c1-5(11)3-9-4-6(10(12)13)7(8-9)14-2/h4-5,11H,3H2,1-2H3/t5-/m0/s1. The van der Waals surface area contributed by atoms with Gasteiger partial charge in [-0.25, -0.2) is 0 Å². The van der Waals surface area contributed by atoms with Crippen LogP contribution in [0.15, 0.2) is 6.20 Å². The first-order chi connectivity index (χ1) is 6.54. The van der Waals surface area contributed by atoms with Crippen LogP contribution < -0.4 is 4.74 Å². The summed E-state index contributed by atoms with van der Waals surface area (Å²) in [7, 11) is 1.31. The van der Waals surface area contributed by atoms with Crippen LogP contribution in [0.2, 0.25) is 0 Å². The maximum absolute atomic E-state index is 10.5. The van der Waals surface area contributed by atoms with E-state index in [9.17, 15) is 10.1 Å². The van der Waals surface area contributed by atoms with E-state index in [2.05, 4.69) is 5.10 Å². The fourth-order valence-corrected chi connectivity index (χ4v) is 1.03. The van der Waals surface area contributed by atoms with Crippen molar-refractivity contribution in [1.29, 1.82) is 0 Å². The van der Waals surface area contributed by atoms with Gasteiger partial charge >= 0.3 is 11.6 Å². The van der Waals surface area contributed by atoms with Crippen molar-refractivity contribution in [2.24, 2.45) is 0 Å². The van der Waals surface area contributed by atoms with Gasteiger partial charge in [-0.2, -0.15) is 0 Å². The Morgan fingerprint density at radius 1 is 1.86 bits per heavy atom. The van der Waals surface area contributed by atoms with Crippen LogP contribution in [0.1, 0.15) is 6.92 Å². The Hall–Kier alpha value is -1.63. The molecule has 78 valence electrons. The number of hydrogen-bond acceptors (Lipinski definition) is 5. The minimum atomic E-state index is -0.612. The largest absolute Gasteiger partial charge is 0.475 e. The topological polar surface area (TPSA) is 90.4 Å². The van der Waals surface area contributed by atoms with Gasteiger partial charge < -0.3 is 9.84 Å². The summed E-state index contributed by atoms with van der Waals surface area (Å²) >= 11 is 0. The van der Waals surface area contributed by atoms with E-state index in [1.165, 1.54) is 18.0 Å². The van der Waals surface area contributed by atoms with E-state index >= 15 is 0 Å². The molecule has 1 aromatic rings. The molecule has 0 aliphatic heterocycles. The zero-order valence-electron chi connectivity index (χ0n) is 7.88. The first-order valence-corrected chi connectivity index (χ1v) is 3.98. The van der Waals surface area contributed by atoms with Gasteiger partial charge in [-0.05, 0) is 6.92 Å². The molecule has 1 N–H and O–H groups in total. The van der Waals surface area contributed by atoms with E-state index in [4.69, 9.17) is 9.84 Å². The van der Waals surface area contributed by atoms with Gasteiger partial charge in [-0.15, -0.1) is 5.10 Å². The van der Waals surface area contributed by atoms with E-state index in [1.54, 1.807) is 6.92 Å². The van der Waals surface area contributed by atoms with Crippen LogP contribution in [0.5, 0.6) is 5.88 Å². The third-order valence-electron chi connectivity index (χ3n) is 1.55. The van der Waals surface area contributed by atoms with Gasteiger partial charge in [0, 0.05) is 0 Å². The molecule has 1 atom stereocenters. The molecule has 1 rings (SSSR count). The van der Waals surface area contributed by atoms with Gasteiger partial charge in [0.2, 0.25) is 0 Å². The molecular formula is C7H11N3O4. The van der Waals surface area contributed by atoms with Gasteiger partial charge in [-0.1, -0.05) is 0 Å². The second kappa shape index (κ2) is 4.05. The van der Waals surface area contributed by atoms with Crippen LogP contribution in [-0.2, 0) is 6.54 Å². The maximum Gasteiger partial charge on any atom is 0.350 e. The fraction of sp³-hybridized carbons (Fsp3) is 0.571. The van der Waals surface area contributed by atoms with Crippen LogP contribution in [0.25, 0.3) is 0 Å². The molecule has 14 heavy (non-hydrogen) atoms. The Bertz CT molecular complexity index is 334. The van der Waals surface area contributed by atoms with Crippen LogP contribution in [0, 0.1) is 10.1 Å². The molecule has 0 aliphatic rings. The third-order valence-corrected chi connectivity index (χ3v) is 1.55. The summed E-state index contributed by atoms with van der Waals surface area (Å²) in [4.78, 5) is 9.91. The van der Waals surface area contributed by atoms with E-state index in [1.807, 2.05) is 0 Å². The number of ether oxygens (including phenoxy) is 1. The third kappa shape index (κ3) is 2.19. The van der Waals surface area contributed by atoms with Crippen molar-refractivity contribution >= 4 is 5.69 Å². The van der Waals surface area contributed by atoms with E-state index < -0.39 is 11.0 Å². The fourth-order valence-electron chi connectivity index (χ4n) is 1.03. The molecule has 0 spiro atoms. The highest BCUT2D eigenvalue weighted by molar-refractivity contribution is 5.38. The molecule has 0 radical (unpaired) electrons. The second-order valence-electron chi connectivity index (χ2n) is 2.85. The molecular weight excluding hydrogens is 190 g/mol. The molecule has 0 bridgehead atoms. The molecule has 1 aromatic heterocycles. The van der Waals surface area contributed by atoms with E-state index in [0.717, 1.165) is 0 Å². The summed E-state index contributed by atoms with van der Waals surface area (Å²) in [5.74, 6) is -0.0457. The zero-order chi connectivity index (χ0) is 10.7. The first-order valence-electron chi connectivity index (χ1n) is 3.98. The Morgan fingerprint density at radius 2 is 2.50 bits per heavy atom. The van der Waals surface area contributed by atoms with Crippen molar-refractivity contribution in [2.45, 2.75) is 19.6 Å². The maximum atomic E-state index is 10.5. The average molecular weight is 201 g/mol. The number of rotatable bonds is 4. The Kier molecular flexibility index (Phi) is 3.03. The zero-order valence-corrected chi connectivity index (χ0v) is 7.88. The van der Waals surface area contributed by atoms with Crippen LogP contribution in [0.4, 0.5) is 5.69 Å². The lowest BCUT2D eigenvalue weighted by atomic mass is 10.4. The van der Waals surface area contributed by atoms with Crippen LogP contribution >= 0.6 is 0 Å². The predicted octanol–water partition coefficient (Wildman–Crippen LogP) is 0.181. The SMILES string of the molecule is COc1nn(C[C@H](C)O)cc1[N+](=O)[O-]. The summed E-state index contributed by atoms with van der Waals surface area (Å²) in [6.07, 6.45) is 0.616. The summed E-state index contributed by atoms with van der Waals surface area (Å²) in [6, 6.07) is 0. The van der Waals surface area contributed by atoms with Crippen molar-refractivity contribution in [1.82, 2.24) is 9.78 Å². The number of hydrogen-bond donors (Lipinski definition) is 1. The van der Waals surface area contributed by atoms with Crippen molar-refractivity contribution < 1.29 is 14.8 Å². The number of methoxy groups -OCH3 is 1. The number of nitrogens with zero attached hydrogens (tertiary/aromatic N) is 3. The molecule has 0 aliphatic carbocycles. The molecule has 0 aromatic carbocycles. The van der Waals surface area contributed by atoms with E-state index in [0.29, 0.717) is 0 Å². The highest BCUT2D eigenvalue weighted by Crippen LogP contribution is 2.23. The van der Waals surface area contributed by atoms with Crippen molar-refractivity contribution in [3.63, 3.8) is 0 Å². The lowest BCUT2D eigenvalue weighted by Crippen LogP contribution is -2.11. The summed E-state index contributed by atoms with van der Waals surface area (Å²) in [5.41, 5.74) is -0.201. The lowest BCUT2D eigenvalue weighted by Gasteiger charge is -2.01. The summed E-state index contributed by atoms with van der Waals surface area (Å²) < 4.78 is 5.99. The number of nitro groups is 1. The molecule has 0 unspecified atom stereocenters. The number of aliphatic hydroxyl groups is 1. The number of aromatic nitrogens is 2. The second-order valence-corrected chi connectivity index (χ2v) is 2.85. The minimum Gasteiger partial charge on any atom is -0.475 e. The van der Waals surface area contributed by atoms with Crippen LogP contribution in [-0.4, -0.2) is 33.0 Å². The molecule has 7 nitrogen and oxygen atoms in total. The molecule has 7 heteroatoms. The Labute approximate surface area is 80.1 Å². The minimum absolute atomic E-state index is 0.0457. The average Bonchev–Trinajstić information content (AvgIpc) is 2.46. The molecule has 0 saturated carbocycles. The van der Waals surface area contributed by atoms with Gasteiger partial charge in [-0.3, -0.25) is 14.8 Å². The first kappa shape index (κ1) is 10.5. The highest BCUT2D eigenvalue weighted by atomic mass is 16.6.